The Morgan fingerprint density at radius 1 is 0.441 bits per heavy atom. The average Bonchev–Trinajstić information content (AvgIpc) is 2.84. The molecule has 0 aromatic carbocycles. The van der Waals surface area contributed by atoms with Crippen LogP contribution in [0.5, 0.6) is 0 Å². The molecule has 0 aromatic heterocycles. The number of rotatable bonds is 27. The molecule has 0 radical (unpaired) electrons. The predicted molar refractivity (Wildman–Crippen MR) is 151 cm³/mol. The SMILES string of the molecule is CCC(=O)O.CCCCCCCCCCCCCCOCCCCCCCCCCCCCC. The van der Waals surface area contributed by atoms with Gasteiger partial charge in [-0.1, -0.05) is 162 Å². The Bertz CT molecular complexity index is 331. The van der Waals surface area contributed by atoms with Gasteiger partial charge in [-0.15, -0.1) is 0 Å². The Kier molecular flexibility index (Phi) is 36.2. The molecule has 0 saturated heterocycles. The van der Waals surface area contributed by atoms with E-state index in [-0.39, 0.29) is 6.42 Å². The molecule has 0 unspecified atom stereocenters. The summed E-state index contributed by atoms with van der Waals surface area (Å²) in [6.45, 7) is 8.18. The zero-order valence-electron chi connectivity index (χ0n) is 23.9. The van der Waals surface area contributed by atoms with E-state index < -0.39 is 5.97 Å². The van der Waals surface area contributed by atoms with Crippen molar-refractivity contribution >= 4 is 5.97 Å². The Labute approximate surface area is 215 Å². The number of hydrogen-bond acceptors (Lipinski definition) is 2. The van der Waals surface area contributed by atoms with Crippen molar-refractivity contribution in [3.8, 4) is 0 Å². The molecule has 3 nitrogen and oxygen atoms in total. The largest absolute Gasteiger partial charge is 0.481 e. The highest BCUT2D eigenvalue weighted by molar-refractivity contribution is 5.66. The van der Waals surface area contributed by atoms with Crippen LogP contribution in [0.1, 0.15) is 181 Å². The Hall–Kier alpha value is -0.570. The smallest absolute Gasteiger partial charge is 0.303 e. The summed E-state index contributed by atoms with van der Waals surface area (Å²) in [6, 6.07) is 0. The van der Waals surface area contributed by atoms with Gasteiger partial charge in [0.2, 0.25) is 0 Å². The van der Waals surface area contributed by atoms with E-state index in [9.17, 15) is 4.79 Å². The number of aliphatic carboxylic acids is 1. The van der Waals surface area contributed by atoms with Crippen molar-refractivity contribution in [1.82, 2.24) is 0 Å². The van der Waals surface area contributed by atoms with E-state index in [0.717, 1.165) is 13.2 Å². The van der Waals surface area contributed by atoms with Crippen molar-refractivity contribution in [2.75, 3.05) is 13.2 Å². The highest BCUT2D eigenvalue weighted by Gasteiger charge is 1.96. The van der Waals surface area contributed by atoms with Gasteiger partial charge in [0.15, 0.2) is 0 Å². The summed E-state index contributed by atoms with van der Waals surface area (Å²) in [7, 11) is 0. The van der Waals surface area contributed by atoms with Crippen molar-refractivity contribution < 1.29 is 14.6 Å². The number of hydrogen-bond donors (Lipinski definition) is 1. The zero-order valence-corrected chi connectivity index (χ0v) is 23.9. The van der Waals surface area contributed by atoms with Gasteiger partial charge >= 0.3 is 5.97 Å². The molecule has 0 aromatic rings. The van der Waals surface area contributed by atoms with Crippen molar-refractivity contribution in [1.29, 1.82) is 0 Å². The van der Waals surface area contributed by atoms with Crippen LogP contribution in [0.3, 0.4) is 0 Å². The molecule has 206 valence electrons. The fraction of sp³-hybridized carbons (Fsp3) is 0.968. The second-order valence-corrected chi connectivity index (χ2v) is 10.1. The molecule has 34 heavy (non-hydrogen) atoms. The molecule has 0 heterocycles. The maximum Gasteiger partial charge on any atom is 0.303 e. The molecule has 0 spiro atoms. The van der Waals surface area contributed by atoms with E-state index in [2.05, 4.69) is 13.8 Å². The first kappa shape index (κ1) is 35.6. The van der Waals surface area contributed by atoms with Crippen LogP contribution in [0.4, 0.5) is 0 Å². The zero-order chi connectivity index (χ0) is 25.4. The molecule has 0 aliphatic rings. The lowest BCUT2D eigenvalue weighted by atomic mass is 10.1. The third-order valence-electron chi connectivity index (χ3n) is 6.59. The summed E-state index contributed by atoms with van der Waals surface area (Å²) in [5, 5.41) is 7.72. The van der Waals surface area contributed by atoms with Gasteiger partial charge in [0.05, 0.1) is 0 Å². The molecule has 0 aliphatic heterocycles. The van der Waals surface area contributed by atoms with E-state index in [1.54, 1.807) is 6.92 Å². The van der Waals surface area contributed by atoms with Gasteiger partial charge in [-0.3, -0.25) is 4.79 Å². The van der Waals surface area contributed by atoms with Crippen molar-refractivity contribution in [3.63, 3.8) is 0 Å². The van der Waals surface area contributed by atoms with Crippen LogP contribution in [0, 0.1) is 0 Å². The molecule has 0 amide bonds. The van der Waals surface area contributed by atoms with Crippen LogP contribution < -0.4 is 0 Å². The second kappa shape index (κ2) is 34.6. The highest BCUT2D eigenvalue weighted by Crippen LogP contribution is 2.13. The summed E-state index contributed by atoms with van der Waals surface area (Å²) in [6.07, 6.45) is 34.3. The Morgan fingerprint density at radius 2 is 0.647 bits per heavy atom. The van der Waals surface area contributed by atoms with Crippen LogP contribution in [0.15, 0.2) is 0 Å². The van der Waals surface area contributed by atoms with Gasteiger partial charge < -0.3 is 9.84 Å². The first-order chi connectivity index (χ1) is 16.7. The van der Waals surface area contributed by atoms with E-state index >= 15 is 0 Å². The van der Waals surface area contributed by atoms with E-state index in [1.165, 1.54) is 154 Å². The fourth-order valence-electron chi connectivity index (χ4n) is 4.19. The quantitative estimate of drug-likeness (QED) is 0.118. The van der Waals surface area contributed by atoms with E-state index in [1.807, 2.05) is 0 Å². The number of carboxylic acids is 1. The average molecular weight is 485 g/mol. The number of ether oxygens (including phenoxy) is 1. The molecule has 0 bridgehead atoms. The van der Waals surface area contributed by atoms with E-state index in [0.29, 0.717) is 0 Å². The van der Waals surface area contributed by atoms with Gasteiger partial charge in [-0.25, -0.2) is 0 Å². The minimum absolute atomic E-state index is 0.222. The van der Waals surface area contributed by atoms with Gasteiger partial charge in [0.25, 0.3) is 0 Å². The first-order valence-electron chi connectivity index (χ1n) is 15.5. The molecule has 0 fully saturated rings. The first-order valence-corrected chi connectivity index (χ1v) is 15.5. The monoisotopic (exact) mass is 484 g/mol. The fourth-order valence-corrected chi connectivity index (χ4v) is 4.19. The summed E-state index contributed by atoms with van der Waals surface area (Å²) in [5.74, 6) is -0.745. The van der Waals surface area contributed by atoms with E-state index in [4.69, 9.17) is 9.84 Å². The molecule has 3 heteroatoms. The molecule has 0 atom stereocenters. The lowest BCUT2D eigenvalue weighted by molar-refractivity contribution is -0.136. The molecule has 0 saturated carbocycles. The number of unbranched alkanes of at least 4 members (excludes halogenated alkanes) is 22. The second-order valence-electron chi connectivity index (χ2n) is 10.1. The van der Waals surface area contributed by atoms with Crippen LogP contribution in [-0.2, 0) is 9.53 Å². The Morgan fingerprint density at radius 3 is 0.853 bits per heavy atom. The van der Waals surface area contributed by atoms with Crippen molar-refractivity contribution in [3.05, 3.63) is 0 Å². The summed E-state index contributed by atoms with van der Waals surface area (Å²) in [4.78, 5) is 9.37. The summed E-state index contributed by atoms with van der Waals surface area (Å²) < 4.78 is 5.82. The van der Waals surface area contributed by atoms with Crippen molar-refractivity contribution in [2.24, 2.45) is 0 Å². The van der Waals surface area contributed by atoms with Gasteiger partial charge in [0, 0.05) is 19.6 Å². The summed E-state index contributed by atoms with van der Waals surface area (Å²) in [5.41, 5.74) is 0. The molecule has 0 aliphatic carbocycles. The van der Waals surface area contributed by atoms with Crippen LogP contribution in [0.25, 0.3) is 0 Å². The van der Waals surface area contributed by atoms with Crippen LogP contribution in [0.2, 0.25) is 0 Å². The molecular formula is C31H64O3. The van der Waals surface area contributed by atoms with Gasteiger partial charge in [-0.05, 0) is 12.8 Å². The maximum absolute atomic E-state index is 9.37. The normalized spacial score (nSPS) is 10.8. The van der Waals surface area contributed by atoms with Gasteiger partial charge in [0.1, 0.15) is 0 Å². The highest BCUT2D eigenvalue weighted by atomic mass is 16.5. The molecule has 1 N–H and O–H groups in total. The van der Waals surface area contributed by atoms with Crippen LogP contribution >= 0.6 is 0 Å². The minimum atomic E-state index is -0.745. The molecular weight excluding hydrogens is 420 g/mol. The van der Waals surface area contributed by atoms with Gasteiger partial charge in [-0.2, -0.15) is 0 Å². The molecule has 0 rings (SSSR count). The minimum Gasteiger partial charge on any atom is -0.481 e. The predicted octanol–water partition coefficient (Wildman–Crippen LogP) is 10.9. The maximum atomic E-state index is 9.37. The summed E-state index contributed by atoms with van der Waals surface area (Å²) >= 11 is 0. The number of carboxylic acid groups (broad SMARTS) is 1. The Balaban J connectivity index is 0. The van der Waals surface area contributed by atoms with Crippen LogP contribution in [-0.4, -0.2) is 24.3 Å². The lowest BCUT2D eigenvalue weighted by Crippen LogP contribution is -1.97. The standard InChI is InChI=1S/C28H58O.C3H6O2/c1-3-5-7-9-11-13-15-17-19-21-23-25-27-29-28-26-24-22-20-18-16-14-12-10-8-6-4-2;1-2-3(4)5/h3-28H2,1-2H3;2H2,1H3,(H,4,5). The lowest BCUT2D eigenvalue weighted by Gasteiger charge is -2.05. The van der Waals surface area contributed by atoms with Crippen molar-refractivity contribution in [2.45, 2.75) is 181 Å². The third-order valence-corrected chi connectivity index (χ3v) is 6.59. The number of carbonyl (C=O) groups is 1. The third kappa shape index (κ3) is 38.7. The topological polar surface area (TPSA) is 46.5 Å².